The third kappa shape index (κ3) is 4.38. The summed E-state index contributed by atoms with van der Waals surface area (Å²) in [7, 11) is 0. The minimum absolute atomic E-state index is 0.0273. The minimum atomic E-state index is -1.77. The van der Waals surface area contributed by atoms with Crippen molar-refractivity contribution in [1.82, 2.24) is 25.1 Å². The second-order valence-corrected chi connectivity index (χ2v) is 8.48. The molecule has 0 atom stereocenters. The summed E-state index contributed by atoms with van der Waals surface area (Å²) in [6.07, 6.45) is 3.71. The Morgan fingerprint density at radius 1 is 1.20 bits per heavy atom. The average Bonchev–Trinajstić information content (AvgIpc) is 3.15. The zero-order chi connectivity index (χ0) is 21.3. The number of likely N-dealkylation sites (tertiary alicyclic amines) is 1. The molecule has 1 aliphatic rings. The van der Waals surface area contributed by atoms with Crippen LogP contribution in [0.25, 0.3) is 22.4 Å². The topological polar surface area (TPSA) is 85.0 Å². The van der Waals surface area contributed by atoms with Gasteiger partial charge in [-0.05, 0) is 18.1 Å². The molecular weight excluding hydrogens is 385 g/mol. The van der Waals surface area contributed by atoms with Gasteiger partial charge in [-0.15, -0.1) is 10.2 Å². The van der Waals surface area contributed by atoms with Crippen LogP contribution in [0.3, 0.4) is 0 Å². The second-order valence-electron chi connectivity index (χ2n) is 8.48. The lowest BCUT2D eigenvalue weighted by molar-refractivity contribution is -0.133. The first-order valence-corrected chi connectivity index (χ1v) is 10.3. The highest BCUT2D eigenvalue weighted by Crippen LogP contribution is 2.30. The van der Waals surface area contributed by atoms with E-state index in [1.54, 1.807) is 25.4 Å². The molecule has 0 aliphatic carbocycles. The van der Waals surface area contributed by atoms with Crippen LogP contribution in [0.15, 0.2) is 28.9 Å². The maximum atomic E-state index is 15.3. The standard InChI is InChI=1S/C22H26FN5O2/c1-14(2)13-28-6-4-22(23,5-7-28)20(29)10-18-9-16-8-17(11-25-19(16)12-24-18)21-27-26-15(3)30-21/h8-9,11-12,14H,4-7,10,13H2,1-3H3. The molecule has 7 nitrogen and oxygen atoms in total. The average molecular weight is 411 g/mol. The van der Waals surface area contributed by atoms with Gasteiger partial charge in [0, 0.05) is 56.7 Å². The molecule has 4 heterocycles. The number of pyridine rings is 2. The van der Waals surface area contributed by atoms with E-state index in [0.29, 0.717) is 47.6 Å². The van der Waals surface area contributed by atoms with Crippen molar-refractivity contribution in [3.05, 3.63) is 36.1 Å². The number of piperidine rings is 1. The summed E-state index contributed by atoms with van der Waals surface area (Å²) in [6, 6.07) is 3.64. The van der Waals surface area contributed by atoms with Crippen LogP contribution < -0.4 is 0 Å². The third-order valence-corrected chi connectivity index (χ3v) is 5.51. The summed E-state index contributed by atoms with van der Waals surface area (Å²) in [5, 5.41) is 8.63. The number of carbonyl (C=O) groups is 1. The zero-order valence-electron chi connectivity index (χ0n) is 17.6. The summed E-state index contributed by atoms with van der Waals surface area (Å²) in [6.45, 7) is 8.18. The Labute approximate surface area is 174 Å². The largest absolute Gasteiger partial charge is 0.421 e. The number of aromatic nitrogens is 4. The molecule has 1 aliphatic heterocycles. The van der Waals surface area contributed by atoms with Crippen molar-refractivity contribution in [3.63, 3.8) is 0 Å². The van der Waals surface area contributed by atoms with Gasteiger partial charge < -0.3 is 9.32 Å². The van der Waals surface area contributed by atoms with E-state index in [1.807, 2.05) is 6.07 Å². The molecule has 30 heavy (non-hydrogen) atoms. The highest BCUT2D eigenvalue weighted by molar-refractivity contribution is 5.90. The predicted molar refractivity (Wildman–Crippen MR) is 111 cm³/mol. The van der Waals surface area contributed by atoms with Gasteiger partial charge in [-0.2, -0.15) is 0 Å². The van der Waals surface area contributed by atoms with Gasteiger partial charge >= 0.3 is 0 Å². The van der Waals surface area contributed by atoms with E-state index in [1.165, 1.54) is 0 Å². The van der Waals surface area contributed by atoms with E-state index >= 15 is 4.39 Å². The van der Waals surface area contributed by atoms with Crippen molar-refractivity contribution < 1.29 is 13.6 Å². The van der Waals surface area contributed by atoms with Gasteiger partial charge in [0.05, 0.1) is 23.7 Å². The minimum Gasteiger partial charge on any atom is -0.421 e. The molecule has 0 radical (unpaired) electrons. The van der Waals surface area contributed by atoms with Crippen molar-refractivity contribution in [2.24, 2.45) is 5.92 Å². The monoisotopic (exact) mass is 411 g/mol. The molecule has 1 saturated heterocycles. The van der Waals surface area contributed by atoms with Gasteiger partial charge in [-0.3, -0.25) is 14.8 Å². The van der Waals surface area contributed by atoms with Crippen molar-refractivity contribution in [1.29, 1.82) is 0 Å². The first-order valence-electron chi connectivity index (χ1n) is 10.3. The van der Waals surface area contributed by atoms with Crippen LogP contribution >= 0.6 is 0 Å². The Morgan fingerprint density at radius 3 is 2.63 bits per heavy atom. The Bertz CT molecular complexity index is 1060. The van der Waals surface area contributed by atoms with Crippen LogP contribution in [0.1, 0.15) is 38.3 Å². The van der Waals surface area contributed by atoms with Crippen LogP contribution in [0, 0.1) is 12.8 Å². The maximum absolute atomic E-state index is 15.3. The van der Waals surface area contributed by atoms with E-state index in [0.717, 1.165) is 11.9 Å². The van der Waals surface area contributed by atoms with Gasteiger partial charge in [0.15, 0.2) is 11.5 Å². The SMILES string of the molecule is Cc1nnc(-c2cnc3cnc(CC(=O)C4(F)CCN(CC(C)C)CC4)cc3c2)o1. The van der Waals surface area contributed by atoms with Crippen molar-refractivity contribution in [2.45, 2.75) is 45.7 Å². The fourth-order valence-electron chi connectivity index (χ4n) is 3.91. The van der Waals surface area contributed by atoms with Crippen LogP contribution in [-0.2, 0) is 11.2 Å². The van der Waals surface area contributed by atoms with Gasteiger partial charge in [0.2, 0.25) is 11.8 Å². The number of hydrogen-bond acceptors (Lipinski definition) is 7. The lowest BCUT2D eigenvalue weighted by Gasteiger charge is -2.36. The van der Waals surface area contributed by atoms with E-state index in [4.69, 9.17) is 4.42 Å². The molecule has 0 aromatic carbocycles. The number of rotatable bonds is 6. The molecular formula is C22H26FN5O2. The van der Waals surface area contributed by atoms with E-state index < -0.39 is 11.5 Å². The Morgan fingerprint density at radius 2 is 1.97 bits per heavy atom. The number of fused-ring (bicyclic) bond motifs is 1. The maximum Gasteiger partial charge on any atom is 0.249 e. The van der Waals surface area contributed by atoms with E-state index in [2.05, 4.69) is 38.9 Å². The molecule has 0 saturated carbocycles. The van der Waals surface area contributed by atoms with Crippen LogP contribution in [0.5, 0.6) is 0 Å². The van der Waals surface area contributed by atoms with Gasteiger partial charge in [-0.25, -0.2) is 4.39 Å². The number of hydrogen-bond donors (Lipinski definition) is 0. The second kappa shape index (κ2) is 8.18. The highest BCUT2D eigenvalue weighted by atomic mass is 19.1. The summed E-state index contributed by atoms with van der Waals surface area (Å²) >= 11 is 0. The fraction of sp³-hybridized carbons (Fsp3) is 0.500. The summed E-state index contributed by atoms with van der Waals surface area (Å²) < 4.78 is 20.8. The van der Waals surface area contributed by atoms with Gasteiger partial charge in [0.25, 0.3) is 0 Å². The van der Waals surface area contributed by atoms with Crippen LogP contribution in [-0.4, -0.2) is 56.2 Å². The Balaban J connectivity index is 1.48. The Kier molecular flexibility index (Phi) is 5.60. The highest BCUT2D eigenvalue weighted by Gasteiger charge is 2.41. The molecule has 8 heteroatoms. The molecule has 0 bridgehead atoms. The Hall–Kier alpha value is -2.74. The number of nitrogens with zero attached hydrogens (tertiary/aromatic N) is 5. The number of Topliss-reactive ketones (excluding diaryl/α,β-unsaturated/α-hetero) is 1. The number of halogens is 1. The molecule has 158 valence electrons. The summed E-state index contributed by atoms with van der Waals surface area (Å²) in [5.41, 5.74) is 0.134. The quantitative estimate of drug-likeness (QED) is 0.613. The van der Waals surface area contributed by atoms with Gasteiger partial charge in [-0.1, -0.05) is 13.8 Å². The predicted octanol–water partition coefficient (Wildman–Crippen LogP) is 3.56. The molecule has 1 fully saturated rings. The molecule has 3 aromatic heterocycles. The first kappa shape index (κ1) is 20.5. The molecule has 0 unspecified atom stereocenters. The number of alkyl halides is 1. The van der Waals surface area contributed by atoms with Crippen LogP contribution in [0.4, 0.5) is 4.39 Å². The number of ketones is 1. The summed E-state index contributed by atoms with van der Waals surface area (Å²) in [5.74, 6) is 0.991. The van der Waals surface area contributed by atoms with E-state index in [9.17, 15) is 4.79 Å². The number of aryl methyl sites for hydroxylation is 1. The molecule has 0 spiro atoms. The lowest BCUT2D eigenvalue weighted by atomic mass is 9.86. The summed E-state index contributed by atoms with van der Waals surface area (Å²) in [4.78, 5) is 23.7. The zero-order valence-corrected chi connectivity index (χ0v) is 17.6. The smallest absolute Gasteiger partial charge is 0.249 e. The normalized spacial score (nSPS) is 17.0. The molecule has 4 rings (SSSR count). The first-order chi connectivity index (χ1) is 14.3. The molecule has 0 N–H and O–H groups in total. The molecule has 0 amide bonds. The van der Waals surface area contributed by atoms with Crippen molar-refractivity contribution >= 4 is 16.7 Å². The lowest BCUT2D eigenvalue weighted by Crippen LogP contribution is -2.47. The fourth-order valence-corrected chi connectivity index (χ4v) is 3.91. The number of carbonyl (C=O) groups excluding carboxylic acids is 1. The van der Waals surface area contributed by atoms with Crippen molar-refractivity contribution in [3.8, 4) is 11.5 Å². The third-order valence-electron chi connectivity index (χ3n) is 5.51. The molecule has 3 aromatic rings. The van der Waals surface area contributed by atoms with Gasteiger partial charge in [0.1, 0.15) is 0 Å². The van der Waals surface area contributed by atoms with Crippen LogP contribution in [0.2, 0.25) is 0 Å². The van der Waals surface area contributed by atoms with Crippen molar-refractivity contribution in [2.75, 3.05) is 19.6 Å². The van der Waals surface area contributed by atoms with E-state index in [-0.39, 0.29) is 19.3 Å².